The molecule has 0 aliphatic carbocycles. The van der Waals surface area contributed by atoms with Gasteiger partial charge >= 0.3 is 0 Å². The largest absolute Gasteiger partial charge is 0.333 e. The highest BCUT2D eigenvalue weighted by atomic mass is 32.1. The number of hydrogen-bond acceptors (Lipinski definition) is 3. The van der Waals surface area contributed by atoms with Crippen LogP contribution in [0.2, 0.25) is 0 Å². The van der Waals surface area contributed by atoms with E-state index in [1.54, 1.807) is 4.90 Å². The van der Waals surface area contributed by atoms with Crippen molar-refractivity contribution in [3.8, 4) is 0 Å². The Bertz CT molecular complexity index is 208. The summed E-state index contributed by atoms with van der Waals surface area (Å²) in [4.78, 5) is 24.0. The van der Waals surface area contributed by atoms with Gasteiger partial charge in [-0.05, 0) is 12.8 Å². The SMILES string of the molecule is CC(CS)C(=O)N1CCCC1C=O. The molecule has 1 rings (SSSR count). The minimum Gasteiger partial charge on any atom is -0.333 e. The number of thiol groups is 1. The fourth-order valence-corrected chi connectivity index (χ4v) is 1.72. The molecule has 3 nitrogen and oxygen atoms in total. The Morgan fingerprint density at radius 1 is 1.77 bits per heavy atom. The maximum absolute atomic E-state index is 11.7. The molecular formula is C9H15NO2S. The van der Waals surface area contributed by atoms with Crippen molar-refractivity contribution in [3.63, 3.8) is 0 Å². The van der Waals surface area contributed by atoms with Crippen LogP contribution in [0.3, 0.4) is 0 Å². The normalized spacial score (nSPS) is 24.5. The number of carbonyl (C=O) groups excluding carboxylic acids is 2. The first-order chi connectivity index (χ1) is 6.20. The van der Waals surface area contributed by atoms with E-state index in [1.807, 2.05) is 6.92 Å². The second kappa shape index (κ2) is 4.65. The van der Waals surface area contributed by atoms with Gasteiger partial charge < -0.3 is 9.69 Å². The van der Waals surface area contributed by atoms with E-state index < -0.39 is 0 Å². The van der Waals surface area contributed by atoms with Crippen LogP contribution >= 0.6 is 12.6 Å². The van der Waals surface area contributed by atoms with Crippen LogP contribution in [0.5, 0.6) is 0 Å². The highest BCUT2D eigenvalue weighted by molar-refractivity contribution is 7.80. The van der Waals surface area contributed by atoms with E-state index in [0.29, 0.717) is 5.75 Å². The molecule has 1 fully saturated rings. The van der Waals surface area contributed by atoms with Crippen molar-refractivity contribution in [2.75, 3.05) is 12.3 Å². The Morgan fingerprint density at radius 3 is 3.00 bits per heavy atom. The summed E-state index contributed by atoms with van der Waals surface area (Å²) in [6, 6.07) is -0.185. The summed E-state index contributed by atoms with van der Waals surface area (Å²) in [6.45, 7) is 2.57. The second-order valence-electron chi connectivity index (χ2n) is 3.46. The van der Waals surface area contributed by atoms with Crippen molar-refractivity contribution in [2.45, 2.75) is 25.8 Å². The maximum Gasteiger partial charge on any atom is 0.226 e. The third-order valence-electron chi connectivity index (χ3n) is 2.43. The van der Waals surface area contributed by atoms with Crippen LogP contribution in [0.25, 0.3) is 0 Å². The van der Waals surface area contributed by atoms with E-state index in [2.05, 4.69) is 12.6 Å². The molecule has 0 aromatic rings. The number of carbonyl (C=O) groups is 2. The Morgan fingerprint density at radius 2 is 2.46 bits per heavy atom. The summed E-state index contributed by atoms with van der Waals surface area (Å²) in [6.07, 6.45) is 2.62. The van der Waals surface area contributed by atoms with E-state index in [-0.39, 0.29) is 17.9 Å². The number of likely N-dealkylation sites (tertiary alicyclic amines) is 1. The van der Waals surface area contributed by atoms with Gasteiger partial charge in [-0.25, -0.2) is 0 Å². The molecule has 0 aromatic carbocycles. The van der Waals surface area contributed by atoms with E-state index in [0.717, 1.165) is 25.7 Å². The van der Waals surface area contributed by atoms with Gasteiger partial charge in [0.2, 0.25) is 5.91 Å². The van der Waals surface area contributed by atoms with Gasteiger partial charge in [-0.15, -0.1) is 0 Å². The fraction of sp³-hybridized carbons (Fsp3) is 0.778. The summed E-state index contributed by atoms with van der Waals surface area (Å²) in [5.74, 6) is 0.523. The van der Waals surface area contributed by atoms with Gasteiger partial charge in [-0.3, -0.25) is 4.79 Å². The predicted octanol–water partition coefficient (Wildman–Crippen LogP) is 0.742. The van der Waals surface area contributed by atoms with Crippen LogP contribution in [0.1, 0.15) is 19.8 Å². The molecule has 4 heteroatoms. The van der Waals surface area contributed by atoms with Crippen molar-refractivity contribution in [1.29, 1.82) is 0 Å². The molecule has 0 N–H and O–H groups in total. The Labute approximate surface area is 83.9 Å². The van der Waals surface area contributed by atoms with Crippen molar-refractivity contribution in [2.24, 2.45) is 5.92 Å². The van der Waals surface area contributed by atoms with Gasteiger partial charge in [0.05, 0.1) is 6.04 Å². The Hall–Kier alpha value is -0.510. The number of amides is 1. The molecule has 2 unspecified atom stereocenters. The molecule has 1 amide bonds. The molecule has 0 aromatic heterocycles. The molecule has 1 saturated heterocycles. The van der Waals surface area contributed by atoms with E-state index in [9.17, 15) is 9.59 Å². The monoisotopic (exact) mass is 201 g/mol. The summed E-state index contributed by atoms with van der Waals surface area (Å²) in [5.41, 5.74) is 0. The zero-order valence-corrected chi connectivity index (χ0v) is 8.67. The molecule has 0 radical (unpaired) electrons. The van der Waals surface area contributed by atoms with Gasteiger partial charge in [0.1, 0.15) is 6.29 Å². The van der Waals surface area contributed by atoms with Gasteiger partial charge in [-0.2, -0.15) is 12.6 Å². The zero-order chi connectivity index (χ0) is 9.84. The molecule has 13 heavy (non-hydrogen) atoms. The fourth-order valence-electron chi connectivity index (χ4n) is 1.57. The van der Waals surface area contributed by atoms with Crippen LogP contribution in [0.15, 0.2) is 0 Å². The quantitative estimate of drug-likeness (QED) is 0.540. The van der Waals surface area contributed by atoms with E-state index in [4.69, 9.17) is 0 Å². The van der Waals surface area contributed by atoms with Crippen LogP contribution in [-0.4, -0.2) is 35.4 Å². The first-order valence-corrected chi connectivity index (χ1v) is 5.20. The van der Waals surface area contributed by atoms with Crippen LogP contribution in [-0.2, 0) is 9.59 Å². The average Bonchev–Trinajstić information content (AvgIpc) is 2.62. The van der Waals surface area contributed by atoms with Crippen molar-refractivity contribution < 1.29 is 9.59 Å². The molecule has 2 atom stereocenters. The van der Waals surface area contributed by atoms with Gasteiger partial charge in [-0.1, -0.05) is 6.92 Å². The number of rotatable bonds is 3. The number of nitrogens with zero attached hydrogens (tertiary/aromatic N) is 1. The standard InChI is InChI=1S/C9H15NO2S/c1-7(6-13)9(12)10-4-2-3-8(10)5-11/h5,7-8,13H,2-4,6H2,1H3. The van der Waals surface area contributed by atoms with E-state index >= 15 is 0 Å². The average molecular weight is 201 g/mol. The van der Waals surface area contributed by atoms with Gasteiger partial charge in [0.25, 0.3) is 0 Å². The summed E-state index contributed by atoms with van der Waals surface area (Å²) in [7, 11) is 0. The smallest absolute Gasteiger partial charge is 0.226 e. The first-order valence-electron chi connectivity index (χ1n) is 4.57. The zero-order valence-electron chi connectivity index (χ0n) is 7.77. The molecule has 0 spiro atoms. The lowest BCUT2D eigenvalue weighted by Gasteiger charge is -2.23. The third kappa shape index (κ3) is 2.24. The molecule has 1 aliphatic heterocycles. The summed E-state index contributed by atoms with van der Waals surface area (Å²) in [5, 5.41) is 0. The molecule has 1 heterocycles. The van der Waals surface area contributed by atoms with Crippen molar-refractivity contribution in [1.82, 2.24) is 4.90 Å². The summed E-state index contributed by atoms with van der Waals surface area (Å²) >= 11 is 4.07. The van der Waals surface area contributed by atoms with Gasteiger partial charge in [0, 0.05) is 18.2 Å². The van der Waals surface area contributed by atoms with Crippen LogP contribution in [0, 0.1) is 5.92 Å². The Balaban J connectivity index is 2.59. The number of hydrogen-bond donors (Lipinski definition) is 1. The lowest BCUT2D eigenvalue weighted by molar-refractivity contribution is -0.137. The minimum atomic E-state index is -0.185. The van der Waals surface area contributed by atoms with Crippen LogP contribution in [0.4, 0.5) is 0 Å². The minimum absolute atomic E-state index is 0.0598. The first kappa shape index (κ1) is 10.6. The molecule has 74 valence electrons. The van der Waals surface area contributed by atoms with Crippen LogP contribution < -0.4 is 0 Å². The highest BCUT2D eigenvalue weighted by Crippen LogP contribution is 2.18. The van der Waals surface area contributed by atoms with Crippen molar-refractivity contribution >= 4 is 24.8 Å². The molecule has 0 saturated carbocycles. The lowest BCUT2D eigenvalue weighted by Crippen LogP contribution is -2.40. The highest BCUT2D eigenvalue weighted by Gasteiger charge is 2.30. The second-order valence-corrected chi connectivity index (χ2v) is 3.83. The topological polar surface area (TPSA) is 37.4 Å². The predicted molar refractivity (Wildman–Crippen MR) is 53.8 cm³/mol. The maximum atomic E-state index is 11.7. The molecular weight excluding hydrogens is 186 g/mol. The van der Waals surface area contributed by atoms with E-state index in [1.165, 1.54) is 0 Å². The van der Waals surface area contributed by atoms with Crippen molar-refractivity contribution in [3.05, 3.63) is 0 Å². The molecule has 0 bridgehead atoms. The molecule has 1 aliphatic rings. The number of aldehydes is 1. The van der Waals surface area contributed by atoms with Gasteiger partial charge in [0.15, 0.2) is 0 Å². The lowest BCUT2D eigenvalue weighted by atomic mass is 10.1. The summed E-state index contributed by atoms with van der Waals surface area (Å²) < 4.78 is 0. The third-order valence-corrected chi connectivity index (χ3v) is 2.98. The Kier molecular flexibility index (Phi) is 3.78.